The topological polar surface area (TPSA) is 102 Å². The Hall–Kier alpha value is -0.990. The number of nitrogens with zero attached hydrogens (tertiary/aromatic N) is 1. The summed E-state index contributed by atoms with van der Waals surface area (Å²) in [7, 11) is -4.72. The van der Waals surface area contributed by atoms with Crippen molar-refractivity contribution in [1.82, 2.24) is 9.71 Å². The van der Waals surface area contributed by atoms with Crippen LogP contribution in [0.4, 0.5) is 5.69 Å². The lowest BCUT2D eigenvalue weighted by Crippen LogP contribution is -2.29. The maximum atomic E-state index is 11.8. The Balaban J connectivity index is 2.70. The van der Waals surface area contributed by atoms with Crippen molar-refractivity contribution in [2.75, 3.05) is 23.8 Å². The normalized spacial score (nSPS) is 13.5. The summed E-state index contributed by atoms with van der Waals surface area (Å²) in [5.74, 6) is 0.788. The lowest BCUT2D eigenvalue weighted by molar-refractivity contribution is 0.580. The summed E-state index contributed by atoms with van der Waals surface area (Å²) in [6.45, 7) is 1.89. The van der Waals surface area contributed by atoms with Crippen molar-refractivity contribution in [3.63, 3.8) is 0 Å². The minimum atomic E-state index is -3.72. The lowest BCUT2D eigenvalue weighted by Gasteiger charge is -2.07. The summed E-state index contributed by atoms with van der Waals surface area (Å²) in [6.07, 6.45) is 1.36. The van der Waals surface area contributed by atoms with Gasteiger partial charge in [-0.15, -0.1) is 0 Å². The predicted octanol–water partition coefficient (Wildman–Crippen LogP) is -0.289. The van der Waals surface area contributed by atoms with E-state index in [-0.39, 0.29) is 23.0 Å². The number of pyridine rings is 1. The van der Waals surface area contributed by atoms with Crippen molar-refractivity contribution in [1.29, 1.82) is 0 Å². The summed E-state index contributed by atoms with van der Waals surface area (Å²) < 4.78 is 37.0. The highest BCUT2D eigenvalue weighted by atomic mass is 32.2. The summed E-state index contributed by atoms with van der Waals surface area (Å²) >= 11 is 0. The molecule has 0 aliphatic heterocycles. The van der Waals surface area contributed by atoms with E-state index in [4.69, 9.17) is 5.73 Å². The number of aromatic nitrogens is 1. The molecule has 0 aliphatic carbocycles. The van der Waals surface area contributed by atoms with Gasteiger partial charge in [-0.05, 0) is 12.1 Å². The molecule has 8 heteroatoms. The molecule has 17 heavy (non-hydrogen) atoms. The first-order valence-electron chi connectivity index (χ1n) is 5.02. The molecule has 0 aliphatic rings. The van der Waals surface area contributed by atoms with Crippen LogP contribution >= 0.6 is 0 Å². The molecule has 0 aromatic carbocycles. The Bertz CT molecular complexity index is 502. The molecule has 1 aromatic rings. The Kier molecular flexibility index (Phi) is 5.03. The number of hydrogen-bond acceptors (Lipinski definition) is 5. The zero-order chi connectivity index (χ0) is 12.9. The molecule has 6 nitrogen and oxygen atoms in total. The molecule has 0 radical (unpaired) electrons. The molecule has 1 heterocycles. The number of rotatable bonds is 6. The van der Waals surface area contributed by atoms with Crippen LogP contribution in [0.2, 0.25) is 0 Å². The largest absolute Gasteiger partial charge is 0.396 e. The van der Waals surface area contributed by atoms with E-state index in [1.807, 2.05) is 0 Å². The number of anilines is 1. The fourth-order valence-corrected chi connectivity index (χ4v) is 2.96. The van der Waals surface area contributed by atoms with Gasteiger partial charge in [-0.2, -0.15) is 0 Å². The van der Waals surface area contributed by atoms with Gasteiger partial charge >= 0.3 is 0 Å². The molecular weight excluding hydrogens is 262 g/mol. The molecule has 1 rings (SSSR count). The van der Waals surface area contributed by atoms with Gasteiger partial charge in [0.2, 0.25) is 0 Å². The molecule has 0 saturated heterocycles. The molecule has 0 bridgehead atoms. The van der Waals surface area contributed by atoms with Gasteiger partial charge in [-0.1, -0.05) is 6.92 Å². The number of nitrogens with one attached hydrogen (secondary N) is 1. The predicted molar refractivity (Wildman–Crippen MR) is 67.4 cm³/mol. The average Bonchev–Trinajstić information content (AvgIpc) is 2.28. The standard InChI is InChI=1S/C9H15N3O3S2/c1-2-16(13)7-6-12-17(14,15)9-8(10)4-3-5-11-9/h3-5,12H,2,6-7,10H2,1H3. The molecule has 3 N–H and O–H groups in total. The maximum absolute atomic E-state index is 11.8. The number of hydrogen-bond donors (Lipinski definition) is 2. The van der Waals surface area contributed by atoms with Crippen LogP contribution in [0.1, 0.15) is 6.92 Å². The van der Waals surface area contributed by atoms with Gasteiger partial charge < -0.3 is 5.73 Å². The monoisotopic (exact) mass is 277 g/mol. The average molecular weight is 277 g/mol. The van der Waals surface area contributed by atoms with Gasteiger partial charge in [0.1, 0.15) is 0 Å². The van der Waals surface area contributed by atoms with E-state index in [9.17, 15) is 12.6 Å². The molecule has 1 aromatic heterocycles. The Morgan fingerprint density at radius 3 is 2.82 bits per heavy atom. The van der Waals surface area contributed by atoms with Crippen molar-refractivity contribution < 1.29 is 12.6 Å². The van der Waals surface area contributed by atoms with E-state index in [0.717, 1.165) is 0 Å². The molecule has 1 unspecified atom stereocenters. The van der Waals surface area contributed by atoms with Crippen LogP contribution in [-0.2, 0) is 20.8 Å². The fourth-order valence-electron chi connectivity index (χ4n) is 1.13. The number of sulfonamides is 1. The quantitative estimate of drug-likeness (QED) is 0.744. The summed E-state index contributed by atoms with van der Waals surface area (Å²) in [5.41, 5.74) is 5.62. The molecule has 0 amide bonds. The maximum Gasteiger partial charge on any atom is 0.260 e. The third-order valence-electron chi connectivity index (χ3n) is 2.00. The Morgan fingerprint density at radius 1 is 1.53 bits per heavy atom. The highest BCUT2D eigenvalue weighted by molar-refractivity contribution is 7.89. The van der Waals surface area contributed by atoms with Crippen molar-refractivity contribution in [2.45, 2.75) is 11.9 Å². The third-order valence-corrected chi connectivity index (χ3v) is 4.74. The molecule has 0 saturated carbocycles. The highest BCUT2D eigenvalue weighted by Gasteiger charge is 2.18. The van der Waals surface area contributed by atoms with E-state index in [0.29, 0.717) is 5.75 Å². The first-order chi connectivity index (χ1) is 7.97. The number of nitrogens with two attached hydrogens (primary N) is 1. The molecule has 0 fully saturated rings. The Morgan fingerprint density at radius 2 is 2.24 bits per heavy atom. The first-order valence-corrected chi connectivity index (χ1v) is 7.99. The van der Waals surface area contributed by atoms with Gasteiger partial charge in [0, 0.05) is 35.0 Å². The van der Waals surface area contributed by atoms with E-state index in [2.05, 4.69) is 9.71 Å². The van der Waals surface area contributed by atoms with Crippen molar-refractivity contribution in [3.8, 4) is 0 Å². The summed E-state index contributed by atoms with van der Waals surface area (Å²) in [5, 5.41) is -0.192. The summed E-state index contributed by atoms with van der Waals surface area (Å²) in [6, 6.07) is 3.02. The van der Waals surface area contributed by atoms with Crippen molar-refractivity contribution in [2.24, 2.45) is 0 Å². The van der Waals surface area contributed by atoms with Gasteiger partial charge in [0.05, 0.1) is 5.69 Å². The van der Waals surface area contributed by atoms with Crippen molar-refractivity contribution >= 4 is 26.5 Å². The van der Waals surface area contributed by atoms with E-state index in [1.165, 1.54) is 12.3 Å². The van der Waals surface area contributed by atoms with Crippen LogP contribution in [0.5, 0.6) is 0 Å². The van der Waals surface area contributed by atoms with Crippen LogP contribution in [0.25, 0.3) is 0 Å². The minimum Gasteiger partial charge on any atom is -0.396 e. The first kappa shape index (κ1) is 14.1. The zero-order valence-electron chi connectivity index (χ0n) is 9.42. The molecule has 0 spiro atoms. The Labute approximate surface area is 103 Å². The fraction of sp³-hybridized carbons (Fsp3) is 0.444. The SMILES string of the molecule is CCS(=O)CCNS(=O)(=O)c1ncccc1N. The van der Waals surface area contributed by atoms with Crippen LogP contribution in [0.15, 0.2) is 23.4 Å². The second-order valence-electron chi connectivity index (χ2n) is 3.23. The highest BCUT2D eigenvalue weighted by Crippen LogP contribution is 2.12. The summed E-state index contributed by atoms with van der Waals surface area (Å²) in [4.78, 5) is 3.72. The molecule has 1 atom stereocenters. The third kappa shape index (κ3) is 4.06. The minimum absolute atomic E-state index is 0.0941. The number of nitrogen functional groups attached to an aromatic ring is 1. The smallest absolute Gasteiger partial charge is 0.260 e. The zero-order valence-corrected chi connectivity index (χ0v) is 11.1. The second-order valence-corrected chi connectivity index (χ2v) is 6.78. The van der Waals surface area contributed by atoms with Crippen LogP contribution in [-0.4, -0.2) is 35.7 Å². The van der Waals surface area contributed by atoms with E-state index >= 15 is 0 Å². The molecular formula is C9H15N3O3S2. The lowest BCUT2D eigenvalue weighted by atomic mass is 10.4. The molecule has 96 valence electrons. The van der Waals surface area contributed by atoms with Gasteiger partial charge in [0.15, 0.2) is 5.03 Å². The van der Waals surface area contributed by atoms with Crippen LogP contribution < -0.4 is 10.5 Å². The van der Waals surface area contributed by atoms with Crippen LogP contribution in [0.3, 0.4) is 0 Å². The van der Waals surface area contributed by atoms with Crippen LogP contribution in [0, 0.1) is 0 Å². The van der Waals surface area contributed by atoms with Gasteiger partial charge in [0.25, 0.3) is 10.0 Å². The van der Waals surface area contributed by atoms with Gasteiger partial charge in [-0.3, -0.25) is 4.21 Å². The van der Waals surface area contributed by atoms with E-state index < -0.39 is 20.8 Å². The second kappa shape index (κ2) is 6.08. The van der Waals surface area contributed by atoms with E-state index in [1.54, 1.807) is 13.0 Å². The van der Waals surface area contributed by atoms with Crippen molar-refractivity contribution in [3.05, 3.63) is 18.3 Å². The van der Waals surface area contributed by atoms with Gasteiger partial charge in [-0.25, -0.2) is 18.1 Å².